The minimum Gasteiger partial charge on any atom is -0.392 e. The van der Waals surface area contributed by atoms with Gasteiger partial charge in [-0.1, -0.05) is 37.4 Å². The van der Waals surface area contributed by atoms with Crippen LogP contribution in [0.5, 0.6) is 0 Å². The van der Waals surface area contributed by atoms with Crippen LogP contribution in [0.15, 0.2) is 16.8 Å². The second kappa shape index (κ2) is 7.52. The lowest BCUT2D eigenvalue weighted by Crippen LogP contribution is -2.25. The van der Waals surface area contributed by atoms with Crippen molar-refractivity contribution >= 4 is 5.71 Å². The third kappa shape index (κ3) is 4.93. The van der Waals surface area contributed by atoms with Gasteiger partial charge in [0, 0.05) is 5.92 Å². The first kappa shape index (κ1) is 14.3. The van der Waals surface area contributed by atoms with Crippen LogP contribution < -0.4 is 0 Å². The highest BCUT2D eigenvalue weighted by molar-refractivity contribution is 5.87. The fourth-order valence-corrected chi connectivity index (χ4v) is 2.36. The lowest BCUT2D eigenvalue weighted by Gasteiger charge is -2.28. The van der Waals surface area contributed by atoms with Gasteiger partial charge in [0.15, 0.2) is 0 Å². The summed E-state index contributed by atoms with van der Waals surface area (Å²) in [4.78, 5) is 5.42. The van der Waals surface area contributed by atoms with Gasteiger partial charge in [-0.25, -0.2) is 0 Å². The van der Waals surface area contributed by atoms with E-state index in [0.717, 1.165) is 12.3 Å². The maximum atomic E-state index is 5.42. The normalized spacial score (nSPS) is 24.5. The molecule has 2 unspecified atom stereocenters. The third-order valence-corrected chi connectivity index (χ3v) is 3.70. The zero-order valence-corrected chi connectivity index (χ0v) is 11.8. The van der Waals surface area contributed by atoms with Crippen LogP contribution >= 0.6 is 0 Å². The van der Waals surface area contributed by atoms with Gasteiger partial charge in [-0.15, -0.1) is 0 Å². The summed E-state index contributed by atoms with van der Waals surface area (Å²) in [5.41, 5.74) is 2.58. The molecule has 0 aliphatic heterocycles. The van der Waals surface area contributed by atoms with Gasteiger partial charge in [-0.05, 0) is 45.1 Å². The Balaban J connectivity index is 2.52. The molecule has 0 aromatic rings. The van der Waals surface area contributed by atoms with E-state index in [9.17, 15) is 0 Å². The van der Waals surface area contributed by atoms with Crippen molar-refractivity contribution in [3.63, 3.8) is 0 Å². The van der Waals surface area contributed by atoms with Gasteiger partial charge in [-0.3, -0.25) is 0 Å². The van der Waals surface area contributed by atoms with Crippen LogP contribution in [0, 0.1) is 11.8 Å². The largest absolute Gasteiger partial charge is 0.392 e. The summed E-state index contributed by atoms with van der Waals surface area (Å²) >= 11 is 0. The fourth-order valence-electron chi connectivity index (χ4n) is 2.36. The minimum absolute atomic E-state index is 0.610. The summed E-state index contributed by atoms with van der Waals surface area (Å²) < 4.78 is 0. The highest BCUT2D eigenvalue weighted by Crippen LogP contribution is 2.29. The molecular weight excluding hydrogens is 210 g/mol. The fraction of sp³-hybridized carbons (Fsp3) is 0.800. The molecule has 2 atom stereocenters. The highest BCUT2D eigenvalue weighted by atomic mass is 16.6. The molecule has 0 radical (unpaired) electrons. The maximum Gasteiger partial charge on any atom is 0.135 e. The molecule has 2 nitrogen and oxygen atoms in total. The molecule has 2 heteroatoms. The van der Waals surface area contributed by atoms with Crippen LogP contribution in [-0.2, 0) is 4.84 Å². The summed E-state index contributed by atoms with van der Waals surface area (Å²) in [5.74, 6) is 1.39. The number of hydrogen-bond donors (Lipinski definition) is 0. The van der Waals surface area contributed by atoms with E-state index in [1.165, 1.54) is 37.0 Å². The first-order valence-corrected chi connectivity index (χ1v) is 6.97. The summed E-state index contributed by atoms with van der Waals surface area (Å²) in [6, 6.07) is 0. The molecule has 0 aromatic heterocycles. The van der Waals surface area contributed by atoms with Gasteiger partial charge < -0.3 is 4.84 Å². The van der Waals surface area contributed by atoms with Gasteiger partial charge in [-0.2, -0.15) is 0 Å². The molecule has 17 heavy (non-hydrogen) atoms. The number of hydrogen-bond acceptors (Lipinski definition) is 2. The lowest BCUT2D eigenvalue weighted by atomic mass is 9.78. The summed E-state index contributed by atoms with van der Waals surface area (Å²) in [6.07, 6.45) is 8.35. The molecule has 0 heterocycles. The van der Waals surface area contributed by atoms with E-state index in [0.29, 0.717) is 12.5 Å². The monoisotopic (exact) mass is 237 g/mol. The van der Waals surface area contributed by atoms with Crippen molar-refractivity contribution in [2.24, 2.45) is 17.0 Å². The van der Waals surface area contributed by atoms with E-state index in [4.69, 9.17) is 4.84 Å². The topological polar surface area (TPSA) is 21.6 Å². The zero-order chi connectivity index (χ0) is 12.7. The number of nitrogens with zero attached hydrogens (tertiary/aromatic N) is 1. The van der Waals surface area contributed by atoms with Crippen LogP contribution in [0.25, 0.3) is 0 Å². The maximum absolute atomic E-state index is 5.42. The molecule has 98 valence electrons. The van der Waals surface area contributed by atoms with Crippen LogP contribution in [0.4, 0.5) is 0 Å². The van der Waals surface area contributed by atoms with Gasteiger partial charge in [0.25, 0.3) is 0 Å². The van der Waals surface area contributed by atoms with Crippen molar-refractivity contribution in [1.29, 1.82) is 0 Å². The van der Waals surface area contributed by atoms with Crippen molar-refractivity contribution in [2.45, 2.75) is 59.8 Å². The Labute approximate surface area is 106 Å². The Morgan fingerprint density at radius 2 is 2.24 bits per heavy atom. The van der Waals surface area contributed by atoms with Gasteiger partial charge in [0.1, 0.15) is 6.61 Å². The molecule has 1 aliphatic rings. The Hall–Kier alpha value is -0.790. The number of oxime groups is 1. The SMILES string of the molecule is CCC(C)C1CCCCC1=NOCC=C(C)C. The Kier molecular flexibility index (Phi) is 6.31. The van der Waals surface area contributed by atoms with Crippen molar-refractivity contribution in [3.05, 3.63) is 11.6 Å². The van der Waals surface area contributed by atoms with E-state index in [-0.39, 0.29) is 0 Å². The molecule has 1 saturated carbocycles. The van der Waals surface area contributed by atoms with Crippen molar-refractivity contribution in [2.75, 3.05) is 6.61 Å². The van der Waals surface area contributed by atoms with Crippen molar-refractivity contribution < 1.29 is 4.84 Å². The molecule has 1 fully saturated rings. The predicted octanol–water partition coefficient (Wildman–Crippen LogP) is 4.56. The second-order valence-corrected chi connectivity index (χ2v) is 5.40. The number of allylic oxidation sites excluding steroid dienone is 1. The van der Waals surface area contributed by atoms with E-state index in [1.54, 1.807) is 0 Å². The number of rotatable bonds is 5. The molecular formula is C15H27NO. The quantitative estimate of drug-likeness (QED) is 0.390. The summed E-state index contributed by atoms with van der Waals surface area (Å²) in [7, 11) is 0. The lowest BCUT2D eigenvalue weighted by molar-refractivity contribution is 0.168. The minimum atomic E-state index is 0.610. The predicted molar refractivity (Wildman–Crippen MR) is 74.2 cm³/mol. The van der Waals surface area contributed by atoms with Crippen molar-refractivity contribution in [3.8, 4) is 0 Å². The average molecular weight is 237 g/mol. The van der Waals surface area contributed by atoms with Gasteiger partial charge in [0.2, 0.25) is 0 Å². The zero-order valence-electron chi connectivity index (χ0n) is 11.8. The van der Waals surface area contributed by atoms with Crippen LogP contribution in [-0.4, -0.2) is 12.3 Å². The standard InChI is InChI=1S/C15H27NO/c1-5-13(4)14-8-6-7-9-15(14)16-17-11-10-12(2)3/h10,13-14H,5-9,11H2,1-4H3. The van der Waals surface area contributed by atoms with Crippen molar-refractivity contribution in [1.82, 2.24) is 0 Å². The second-order valence-electron chi connectivity index (χ2n) is 5.40. The Bertz CT molecular complexity index is 277. The third-order valence-electron chi connectivity index (χ3n) is 3.70. The Morgan fingerprint density at radius 3 is 2.88 bits per heavy atom. The molecule has 0 N–H and O–H groups in total. The summed E-state index contributed by atoms with van der Waals surface area (Å²) in [6.45, 7) is 9.37. The van der Waals surface area contributed by atoms with Crippen LogP contribution in [0.2, 0.25) is 0 Å². The molecule has 0 spiro atoms. The van der Waals surface area contributed by atoms with E-state index in [2.05, 4.69) is 38.9 Å². The molecule has 0 bridgehead atoms. The van der Waals surface area contributed by atoms with Crippen LogP contribution in [0.3, 0.4) is 0 Å². The smallest absolute Gasteiger partial charge is 0.135 e. The molecule has 1 rings (SSSR count). The molecule has 1 aliphatic carbocycles. The molecule has 0 amide bonds. The van der Waals surface area contributed by atoms with E-state index >= 15 is 0 Å². The van der Waals surface area contributed by atoms with E-state index in [1.807, 2.05) is 0 Å². The van der Waals surface area contributed by atoms with Gasteiger partial charge >= 0.3 is 0 Å². The first-order valence-electron chi connectivity index (χ1n) is 6.97. The van der Waals surface area contributed by atoms with E-state index < -0.39 is 0 Å². The average Bonchev–Trinajstić information content (AvgIpc) is 2.34. The highest BCUT2D eigenvalue weighted by Gasteiger charge is 2.25. The first-order chi connectivity index (χ1) is 8.15. The van der Waals surface area contributed by atoms with Crippen LogP contribution in [0.1, 0.15) is 59.8 Å². The molecule has 0 saturated heterocycles. The molecule has 0 aromatic carbocycles. The Morgan fingerprint density at radius 1 is 1.47 bits per heavy atom. The van der Waals surface area contributed by atoms with Gasteiger partial charge in [0.05, 0.1) is 5.71 Å². The summed E-state index contributed by atoms with van der Waals surface area (Å²) in [5, 5.41) is 4.38.